The molecule has 0 unspecified atom stereocenters. The second-order valence-corrected chi connectivity index (χ2v) is 7.65. The van der Waals surface area contributed by atoms with Crippen LogP contribution >= 0.6 is 0 Å². The second-order valence-electron chi connectivity index (χ2n) is 7.65. The van der Waals surface area contributed by atoms with Gasteiger partial charge in [-0.05, 0) is 32.3 Å². The molecule has 2 saturated heterocycles. The number of furan rings is 1. The van der Waals surface area contributed by atoms with E-state index in [4.69, 9.17) is 9.52 Å². The third-order valence-electron chi connectivity index (χ3n) is 5.57. The fourth-order valence-electron chi connectivity index (χ4n) is 4.08. The molecular weight excluding hydrogens is 320 g/mol. The van der Waals surface area contributed by atoms with E-state index >= 15 is 0 Å². The molecule has 0 aliphatic carbocycles. The van der Waals surface area contributed by atoms with E-state index in [-0.39, 0.29) is 24.3 Å². The lowest BCUT2D eigenvalue weighted by Crippen LogP contribution is -2.51. The number of carbonyl (C=O) groups is 2. The van der Waals surface area contributed by atoms with Crippen molar-refractivity contribution >= 4 is 11.8 Å². The van der Waals surface area contributed by atoms with Gasteiger partial charge < -0.3 is 19.3 Å². The van der Waals surface area contributed by atoms with Crippen LogP contribution in [0.1, 0.15) is 60.9 Å². The molecule has 1 spiro atoms. The molecule has 1 aromatic heterocycles. The quantitative estimate of drug-likeness (QED) is 0.905. The van der Waals surface area contributed by atoms with Crippen molar-refractivity contribution in [3.05, 3.63) is 23.2 Å². The van der Waals surface area contributed by atoms with Crippen LogP contribution in [0.5, 0.6) is 0 Å². The van der Waals surface area contributed by atoms with Crippen LogP contribution in [0.3, 0.4) is 0 Å². The second kappa shape index (κ2) is 6.83. The number of nitrogens with zero attached hydrogens (tertiary/aromatic N) is 2. The molecule has 138 valence electrons. The lowest BCUT2D eigenvalue weighted by molar-refractivity contribution is -0.146. The Hall–Kier alpha value is -1.82. The van der Waals surface area contributed by atoms with Crippen molar-refractivity contribution < 1.29 is 19.1 Å². The number of aliphatic hydroxyl groups is 1. The van der Waals surface area contributed by atoms with Crippen molar-refractivity contribution in [3.63, 3.8) is 0 Å². The summed E-state index contributed by atoms with van der Waals surface area (Å²) in [5.41, 5.74) is 0.137. The summed E-state index contributed by atoms with van der Waals surface area (Å²) in [5.74, 6) is 1.74. The van der Waals surface area contributed by atoms with Crippen LogP contribution in [-0.4, -0.2) is 59.5 Å². The van der Waals surface area contributed by atoms with Crippen LogP contribution in [0, 0.1) is 12.3 Å². The monoisotopic (exact) mass is 348 g/mol. The molecule has 0 saturated carbocycles. The first-order valence-electron chi connectivity index (χ1n) is 9.18. The minimum absolute atomic E-state index is 0.0172. The van der Waals surface area contributed by atoms with Gasteiger partial charge in [-0.15, -0.1) is 0 Å². The van der Waals surface area contributed by atoms with Gasteiger partial charge in [0.2, 0.25) is 5.91 Å². The zero-order valence-corrected chi connectivity index (χ0v) is 15.4. The van der Waals surface area contributed by atoms with Crippen molar-refractivity contribution in [2.24, 2.45) is 5.41 Å². The predicted molar refractivity (Wildman–Crippen MR) is 93.4 cm³/mol. The highest BCUT2D eigenvalue weighted by Gasteiger charge is 2.49. The van der Waals surface area contributed by atoms with E-state index in [1.807, 2.05) is 26.8 Å². The van der Waals surface area contributed by atoms with E-state index in [1.54, 1.807) is 9.80 Å². The maximum Gasteiger partial charge on any atom is 0.257 e. The lowest BCUT2D eigenvalue weighted by Gasteiger charge is -2.39. The van der Waals surface area contributed by atoms with Gasteiger partial charge in [0.05, 0.1) is 17.6 Å². The van der Waals surface area contributed by atoms with Gasteiger partial charge in [-0.25, -0.2) is 0 Å². The maximum absolute atomic E-state index is 12.9. The maximum atomic E-state index is 12.9. The summed E-state index contributed by atoms with van der Waals surface area (Å²) in [5, 5.41) is 9.17. The number of carbonyl (C=O) groups excluding carboxylic acids is 2. The Morgan fingerprint density at radius 1 is 1.36 bits per heavy atom. The Morgan fingerprint density at radius 3 is 2.76 bits per heavy atom. The third kappa shape index (κ3) is 3.19. The summed E-state index contributed by atoms with van der Waals surface area (Å²) < 4.78 is 5.71. The standard InChI is InChI=1S/C19H28N2O4/c1-13(2)16-11-15(14(3)25-16)17(23)21-8-6-19(12-21)5-4-7-20(9-10-22)18(19)24/h11,13,22H,4-10,12H2,1-3H3/t19-/m1/s1. The normalized spacial score (nSPS) is 24.0. The van der Waals surface area contributed by atoms with E-state index in [0.29, 0.717) is 43.9 Å². The Morgan fingerprint density at radius 2 is 2.12 bits per heavy atom. The molecule has 1 N–H and O–H groups in total. The van der Waals surface area contributed by atoms with Crippen molar-refractivity contribution in [3.8, 4) is 0 Å². The molecule has 2 aliphatic heterocycles. The largest absolute Gasteiger partial charge is 0.465 e. The minimum Gasteiger partial charge on any atom is -0.465 e. The molecule has 2 amide bonds. The average molecular weight is 348 g/mol. The van der Waals surface area contributed by atoms with Gasteiger partial charge in [0.1, 0.15) is 11.5 Å². The Bertz CT molecular complexity index is 664. The summed E-state index contributed by atoms with van der Waals surface area (Å²) in [6, 6.07) is 1.84. The molecule has 0 radical (unpaired) electrons. The fraction of sp³-hybridized carbons (Fsp3) is 0.684. The number of aliphatic hydroxyl groups excluding tert-OH is 1. The molecule has 0 aromatic carbocycles. The van der Waals surface area contributed by atoms with Crippen LogP contribution in [-0.2, 0) is 4.79 Å². The number of amides is 2. The molecule has 6 heteroatoms. The summed E-state index contributed by atoms with van der Waals surface area (Å²) >= 11 is 0. The van der Waals surface area contributed by atoms with E-state index in [9.17, 15) is 9.59 Å². The van der Waals surface area contributed by atoms with Crippen LogP contribution in [0.25, 0.3) is 0 Å². The Kier molecular flexibility index (Phi) is 4.91. The topological polar surface area (TPSA) is 74.0 Å². The number of hydrogen-bond donors (Lipinski definition) is 1. The molecule has 3 rings (SSSR count). The molecular formula is C19H28N2O4. The highest BCUT2D eigenvalue weighted by Crippen LogP contribution is 2.40. The first kappa shape index (κ1) is 18.0. The van der Waals surface area contributed by atoms with Gasteiger partial charge in [0.25, 0.3) is 5.91 Å². The highest BCUT2D eigenvalue weighted by molar-refractivity contribution is 5.96. The summed E-state index contributed by atoms with van der Waals surface area (Å²) in [4.78, 5) is 29.3. The Balaban J connectivity index is 1.76. The molecule has 3 heterocycles. The minimum atomic E-state index is -0.471. The molecule has 1 aromatic rings. The summed E-state index contributed by atoms with van der Waals surface area (Å²) in [6.07, 6.45) is 2.45. The predicted octanol–water partition coefficient (Wildman–Crippen LogP) is 2.16. The van der Waals surface area contributed by atoms with Crippen LogP contribution in [0.4, 0.5) is 0 Å². The first-order valence-corrected chi connectivity index (χ1v) is 9.18. The van der Waals surface area contributed by atoms with Crippen LogP contribution in [0.2, 0.25) is 0 Å². The van der Waals surface area contributed by atoms with Crippen molar-refractivity contribution in [2.75, 3.05) is 32.8 Å². The van der Waals surface area contributed by atoms with Gasteiger partial charge >= 0.3 is 0 Å². The van der Waals surface area contributed by atoms with Crippen molar-refractivity contribution in [2.45, 2.75) is 46.0 Å². The third-order valence-corrected chi connectivity index (χ3v) is 5.57. The SMILES string of the molecule is Cc1oc(C(C)C)cc1C(=O)N1CC[C@]2(CCCN(CCO)C2=O)C1. The van der Waals surface area contributed by atoms with Gasteiger partial charge in [-0.2, -0.15) is 0 Å². The van der Waals surface area contributed by atoms with Gasteiger partial charge in [-0.1, -0.05) is 13.8 Å². The number of rotatable bonds is 4. The van der Waals surface area contributed by atoms with Crippen molar-refractivity contribution in [1.82, 2.24) is 9.80 Å². The van der Waals surface area contributed by atoms with Crippen LogP contribution in [0.15, 0.2) is 10.5 Å². The zero-order chi connectivity index (χ0) is 18.2. The number of aryl methyl sites for hydroxylation is 1. The smallest absolute Gasteiger partial charge is 0.257 e. The molecule has 2 fully saturated rings. The van der Waals surface area contributed by atoms with Gasteiger partial charge in [-0.3, -0.25) is 9.59 Å². The zero-order valence-electron chi connectivity index (χ0n) is 15.4. The van der Waals surface area contributed by atoms with Crippen LogP contribution < -0.4 is 0 Å². The van der Waals surface area contributed by atoms with E-state index < -0.39 is 5.41 Å². The number of likely N-dealkylation sites (tertiary alicyclic amines) is 2. The fourth-order valence-corrected chi connectivity index (χ4v) is 4.08. The summed E-state index contributed by atoms with van der Waals surface area (Å²) in [6.45, 7) is 8.02. The van der Waals surface area contributed by atoms with E-state index in [2.05, 4.69) is 0 Å². The highest BCUT2D eigenvalue weighted by atomic mass is 16.3. The Labute approximate surface area is 148 Å². The molecule has 6 nitrogen and oxygen atoms in total. The lowest BCUT2D eigenvalue weighted by atomic mass is 9.78. The van der Waals surface area contributed by atoms with Gasteiger partial charge in [0, 0.05) is 32.1 Å². The molecule has 0 bridgehead atoms. The van der Waals surface area contributed by atoms with E-state index in [0.717, 1.165) is 18.6 Å². The van der Waals surface area contributed by atoms with Crippen molar-refractivity contribution in [1.29, 1.82) is 0 Å². The molecule has 2 aliphatic rings. The number of β-amino-alcohol motifs (C(OH)–C–C–N with tert-alkyl or cyclic N) is 1. The average Bonchev–Trinajstić information content (AvgIpc) is 3.17. The molecule has 1 atom stereocenters. The van der Waals surface area contributed by atoms with E-state index in [1.165, 1.54) is 0 Å². The summed E-state index contributed by atoms with van der Waals surface area (Å²) in [7, 11) is 0. The number of piperidine rings is 1. The number of hydrogen-bond acceptors (Lipinski definition) is 4. The first-order chi connectivity index (χ1) is 11.9. The van der Waals surface area contributed by atoms with Gasteiger partial charge in [0.15, 0.2) is 0 Å². The molecule has 25 heavy (non-hydrogen) atoms.